The second kappa shape index (κ2) is 3.35. The Morgan fingerprint density at radius 2 is 1.62 bits per heavy atom. The van der Waals surface area contributed by atoms with Gasteiger partial charge in [-0.3, -0.25) is 0 Å². The predicted molar refractivity (Wildman–Crippen MR) is 54.4 cm³/mol. The van der Waals surface area contributed by atoms with Gasteiger partial charge in [0, 0.05) is 24.6 Å². The molecule has 0 bridgehead atoms. The fourth-order valence-corrected chi connectivity index (χ4v) is 1.31. The number of nitrogens with two attached hydrogens (primary N) is 1. The Morgan fingerprint density at radius 1 is 1.00 bits per heavy atom. The van der Waals surface area contributed by atoms with E-state index in [0.29, 0.717) is 0 Å². The van der Waals surface area contributed by atoms with Crippen LogP contribution in [0.1, 0.15) is 5.56 Å². The van der Waals surface area contributed by atoms with Crippen molar-refractivity contribution in [3.8, 4) is 0 Å². The second-order valence-corrected chi connectivity index (χ2v) is 3.10. The highest BCUT2D eigenvalue weighted by Crippen LogP contribution is 2.07. The van der Waals surface area contributed by atoms with Crippen LogP contribution in [-0.4, -0.2) is 4.57 Å². The van der Waals surface area contributed by atoms with Crippen molar-refractivity contribution in [1.29, 1.82) is 0 Å². The SMILES string of the molecule is Nc1ccc(Cn2cccc2)cc1. The topological polar surface area (TPSA) is 30.9 Å². The molecule has 0 unspecified atom stereocenters. The van der Waals surface area contributed by atoms with Gasteiger partial charge in [-0.15, -0.1) is 0 Å². The van der Waals surface area contributed by atoms with Crippen LogP contribution in [0.5, 0.6) is 0 Å². The van der Waals surface area contributed by atoms with Crippen LogP contribution in [-0.2, 0) is 6.54 Å². The van der Waals surface area contributed by atoms with E-state index < -0.39 is 0 Å². The second-order valence-electron chi connectivity index (χ2n) is 3.10. The highest BCUT2D eigenvalue weighted by Gasteiger charge is 1.92. The zero-order valence-corrected chi connectivity index (χ0v) is 7.35. The van der Waals surface area contributed by atoms with Crippen LogP contribution in [0.25, 0.3) is 0 Å². The summed E-state index contributed by atoms with van der Waals surface area (Å²) in [5.41, 5.74) is 7.68. The summed E-state index contributed by atoms with van der Waals surface area (Å²) in [5.74, 6) is 0. The molecule has 0 radical (unpaired) electrons. The Kier molecular flexibility index (Phi) is 2.04. The lowest BCUT2D eigenvalue weighted by Gasteiger charge is -2.02. The number of hydrogen-bond donors (Lipinski definition) is 1. The molecule has 2 N–H and O–H groups in total. The number of nitrogen functional groups attached to an aromatic ring is 1. The van der Waals surface area contributed by atoms with Gasteiger partial charge in [-0.2, -0.15) is 0 Å². The third-order valence-corrected chi connectivity index (χ3v) is 2.01. The van der Waals surface area contributed by atoms with Gasteiger partial charge in [0.2, 0.25) is 0 Å². The first-order valence-corrected chi connectivity index (χ1v) is 4.30. The van der Waals surface area contributed by atoms with Gasteiger partial charge >= 0.3 is 0 Å². The van der Waals surface area contributed by atoms with Gasteiger partial charge in [-0.05, 0) is 29.8 Å². The monoisotopic (exact) mass is 172 g/mol. The largest absolute Gasteiger partial charge is 0.399 e. The molecule has 66 valence electrons. The molecule has 0 aliphatic rings. The Morgan fingerprint density at radius 3 is 2.23 bits per heavy atom. The molecule has 2 aromatic rings. The number of benzene rings is 1. The summed E-state index contributed by atoms with van der Waals surface area (Å²) in [6.07, 6.45) is 4.10. The molecule has 0 saturated heterocycles. The van der Waals surface area contributed by atoms with Gasteiger partial charge in [0.05, 0.1) is 0 Å². The summed E-state index contributed by atoms with van der Waals surface area (Å²) in [7, 11) is 0. The van der Waals surface area contributed by atoms with Crippen molar-refractivity contribution in [2.75, 3.05) is 5.73 Å². The van der Waals surface area contributed by atoms with E-state index in [1.807, 2.05) is 24.3 Å². The highest BCUT2D eigenvalue weighted by molar-refractivity contribution is 5.39. The molecule has 0 aliphatic heterocycles. The smallest absolute Gasteiger partial charge is 0.0470 e. The van der Waals surface area contributed by atoms with Gasteiger partial charge in [-0.1, -0.05) is 12.1 Å². The minimum atomic E-state index is 0.816. The maximum absolute atomic E-state index is 5.59. The van der Waals surface area contributed by atoms with E-state index in [1.165, 1.54) is 5.56 Å². The van der Waals surface area contributed by atoms with Crippen molar-refractivity contribution in [3.05, 3.63) is 54.4 Å². The average molecular weight is 172 g/mol. The lowest BCUT2D eigenvalue weighted by atomic mass is 10.2. The molecule has 2 rings (SSSR count). The van der Waals surface area contributed by atoms with E-state index in [-0.39, 0.29) is 0 Å². The molecule has 2 nitrogen and oxygen atoms in total. The summed E-state index contributed by atoms with van der Waals surface area (Å²) in [6, 6.07) is 12.0. The molecule has 13 heavy (non-hydrogen) atoms. The molecule has 0 saturated carbocycles. The van der Waals surface area contributed by atoms with Crippen molar-refractivity contribution in [2.45, 2.75) is 6.54 Å². The van der Waals surface area contributed by atoms with Crippen LogP contribution in [0.4, 0.5) is 5.69 Å². The zero-order chi connectivity index (χ0) is 9.10. The lowest BCUT2D eigenvalue weighted by molar-refractivity contribution is 0.806. The fourth-order valence-electron chi connectivity index (χ4n) is 1.31. The normalized spacial score (nSPS) is 10.2. The predicted octanol–water partition coefficient (Wildman–Crippen LogP) is 2.12. The van der Waals surface area contributed by atoms with E-state index in [4.69, 9.17) is 5.73 Å². The molecule has 1 heterocycles. The van der Waals surface area contributed by atoms with E-state index in [0.717, 1.165) is 12.2 Å². The maximum atomic E-state index is 5.59. The van der Waals surface area contributed by atoms with Gasteiger partial charge in [0.25, 0.3) is 0 Å². The van der Waals surface area contributed by atoms with Crippen LogP contribution in [0.2, 0.25) is 0 Å². The summed E-state index contributed by atoms with van der Waals surface area (Å²) in [5, 5.41) is 0. The van der Waals surface area contributed by atoms with E-state index in [2.05, 4.69) is 29.1 Å². The third-order valence-electron chi connectivity index (χ3n) is 2.01. The number of nitrogens with zero attached hydrogens (tertiary/aromatic N) is 1. The first kappa shape index (κ1) is 7.92. The first-order chi connectivity index (χ1) is 6.34. The molecular weight excluding hydrogens is 160 g/mol. The number of aromatic nitrogens is 1. The van der Waals surface area contributed by atoms with Gasteiger partial charge < -0.3 is 10.3 Å². The Balaban J connectivity index is 2.15. The molecule has 0 atom stereocenters. The van der Waals surface area contributed by atoms with Crippen LogP contribution in [0.15, 0.2) is 48.8 Å². The van der Waals surface area contributed by atoms with Gasteiger partial charge in [0.1, 0.15) is 0 Å². The summed E-state index contributed by atoms with van der Waals surface area (Å²) in [6.45, 7) is 0.910. The number of hydrogen-bond acceptors (Lipinski definition) is 1. The molecular formula is C11H12N2. The van der Waals surface area contributed by atoms with Crippen LogP contribution >= 0.6 is 0 Å². The summed E-state index contributed by atoms with van der Waals surface area (Å²) >= 11 is 0. The molecule has 0 amide bonds. The number of rotatable bonds is 2. The van der Waals surface area contributed by atoms with Crippen molar-refractivity contribution in [2.24, 2.45) is 0 Å². The molecule has 0 fully saturated rings. The highest BCUT2D eigenvalue weighted by atomic mass is 14.9. The average Bonchev–Trinajstić information content (AvgIpc) is 2.62. The first-order valence-electron chi connectivity index (χ1n) is 4.30. The minimum Gasteiger partial charge on any atom is -0.399 e. The summed E-state index contributed by atoms with van der Waals surface area (Å²) in [4.78, 5) is 0. The molecule has 1 aromatic carbocycles. The van der Waals surface area contributed by atoms with Crippen molar-refractivity contribution in [1.82, 2.24) is 4.57 Å². The van der Waals surface area contributed by atoms with Gasteiger partial charge in [-0.25, -0.2) is 0 Å². The van der Waals surface area contributed by atoms with Crippen LogP contribution < -0.4 is 5.73 Å². The Hall–Kier alpha value is -1.70. The zero-order valence-electron chi connectivity index (χ0n) is 7.35. The molecule has 2 heteroatoms. The molecule has 0 aliphatic carbocycles. The quantitative estimate of drug-likeness (QED) is 0.691. The van der Waals surface area contributed by atoms with E-state index in [1.54, 1.807) is 0 Å². The fraction of sp³-hybridized carbons (Fsp3) is 0.0909. The lowest BCUT2D eigenvalue weighted by Crippen LogP contribution is -1.95. The van der Waals surface area contributed by atoms with Crippen molar-refractivity contribution < 1.29 is 0 Å². The van der Waals surface area contributed by atoms with Crippen molar-refractivity contribution in [3.63, 3.8) is 0 Å². The van der Waals surface area contributed by atoms with Gasteiger partial charge in [0.15, 0.2) is 0 Å². The maximum Gasteiger partial charge on any atom is 0.0470 e. The van der Waals surface area contributed by atoms with E-state index >= 15 is 0 Å². The minimum absolute atomic E-state index is 0.816. The Labute approximate surface area is 77.6 Å². The number of anilines is 1. The third kappa shape index (κ3) is 1.90. The van der Waals surface area contributed by atoms with Crippen LogP contribution in [0, 0.1) is 0 Å². The molecule has 0 spiro atoms. The van der Waals surface area contributed by atoms with Crippen LogP contribution in [0.3, 0.4) is 0 Å². The molecule has 1 aromatic heterocycles. The summed E-state index contributed by atoms with van der Waals surface area (Å²) < 4.78 is 2.13. The standard InChI is InChI=1S/C11H12N2/c12-11-5-3-10(4-6-11)9-13-7-1-2-8-13/h1-8H,9,12H2. The Bertz CT molecular complexity index is 359. The van der Waals surface area contributed by atoms with E-state index in [9.17, 15) is 0 Å². The van der Waals surface area contributed by atoms with Crippen molar-refractivity contribution >= 4 is 5.69 Å².